The topological polar surface area (TPSA) is 0 Å². The Hall–Kier alpha value is -5.46. The molecule has 0 N–H and O–H groups in total. The second-order valence-electron chi connectivity index (χ2n) is 12.3. The van der Waals surface area contributed by atoms with Crippen molar-refractivity contribution in [1.82, 2.24) is 0 Å². The molecule has 10 rings (SSSR count). The molecule has 0 saturated carbocycles. The first-order valence-corrected chi connectivity index (χ1v) is 17.8. The van der Waals surface area contributed by atoms with Gasteiger partial charge in [0, 0.05) is 0 Å². The third kappa shape index (κ3) is 4.08. The van der Waals surface area contributed by atoms with E-state index in [-0.39, 0.29) is 14.5 Å². The molecule has 47 heavy (non-hydrogen) atoms. The second-order valence-corrected chi connectivity index (χ2v) is 14.5. The van der Waals surface area contributed by atoms with Crippen LogP contribution in [0.4, 0.5) is 0 Å². The summed E-state index contributed by atoms with van der Waals surface area (Å²) in [6.07, 6.45) is 0. The van der Waals surface area contributed by atoms with Crippen molar-refractivity contribution in [1.29, 1.82) is 0 Å². The van der Waals surface area contributed by atoms with Gasteiger partial charge in [-0.25, -0.2) is 0 Å². The maximum atomic E-state index is 8.99. The molecular formula is C46H28Se. The molecule has 0 saturated heterocycles. The van der Waals surface area contributed by atoms with E-state index in [2.05, 4.69) is 152 Å². The first-order chi connectivity index (χ1) is 23.8. The Labute approximate surface area is 280 Å². The minimum absolute atomic E-state index is 0.124. The van der Waals surface area contributed by atoms with E-state index in [9.17, 15) is 0 Å². The summed E-state index contributed by atoms with van der Waals surface area (Å²) >= 11 is 0.124. The predicted octanol–water partition coefficient (Wildman–Crippen LogP) is 12.7. The Balaban J connectivity index is 1.26. The van der Waals surface area contributed by atoms with Gasteiger partial charge >= 0.3 is 281 Å². The van der Waals surface area contributed by atoms with E-state index >= 15 is 0 Å². The van der Waals surface area contributed by atoms with E-state index < -0.39 is 0 Å². The van der Waals surface area contributed by atoms with Crippen molar-refractivity contribution in [2.45, 2.75) is 0 Å². The van der Waals surface area contributed by atoms with Gasteiger partial charge in [-0.2, -0.15) is 0 Å². The summed E-state index contributed by atoms with van der Waals surface area (Å²) in [6, 6.07) is 60.1. The van der Waals surface area contributed by atoms with Crippen LogP contribution < -0.4 is 0 Å². The van der Waals surface area contributed by atoms with Crippen LogP contribution in [0.5, 0.6) is 0 Å². The van der Waals surface area contributed by atoms with Gasteiger partial charge in [0.25, 0.3) is 0 Å². The molecule has 0 aliphatic rings. The molecule has 0 atom stereocenters. The zero-order valence-electron chi connectivity index (χ0n) is 26.5. The molecule has 0 radical (unpaired) electrons. The Morgan fingerprint density at radius 3 is 1.51 bits per heavy atom. The molecule has 0 unspecified atom stereocenters. The van der Waals surface area contributed by atoms with Crippen LogP contribution in [0.15, 0.2) is 170 Å². The first kappa shape index (κ1) is 25.7. The average Bonchev–Trinajstić information content (AvgIpc) is 3.53. The SMILES string of the molecule is [2H]c1c2ccccc2c(-c2ccc3c(c2)[se]c2c(-c4c5ccccc5c(-c5ccccc5)c5ccccc45)cccc23)c2ccccc12. The molecular weight excluding hydrogens is 631 g/mol. The molecule has 0 spiro atoms. The molecule has 0 bridgehead atoms. The van der Waals surface area contributed by atoms with E-state index in [4.69, 9.17) is 1.37 Å². The summed E-state index contributed by atoms with van der Waals surface area (Å²) in [4.78, 5) is 0. The molecule has 10 aromatic rings. The number of hydrogen-bond acceptors (Lipinski definition) is 0. The summed E-state index contributed by atoms with van der Waals surface area (Å²) in [5.41, 5.74) is 7.66. The van der Waals surface area contributed by atoms with Crippen molar-refractivity contribution in [3.8, 4) is 33.4 Å². The summed E-state index contributed by atoms with van der Waals surface area (Å²) in [5, 5.41) is 12.1. The summed E-state index contributed by atoms with van der Waals surface area (Å²) in [5.74, 6) is 0. The number of benzene rings is 9. The van der Waals surface area contributed by atoms with Crippen molar-refractivity contribution in [3.63, 3.8) is 0 Å². The third-order valence-electron chi connectivity index (χ3n) is 9.71. The maximum absolute atomic E-state index is 8.99. The Bertz CT molecular complexity index is 2780. The molecule has 0 fully saturated rings. The van der Waals surface area contributed by atoms with Crippen LogP contribution in [-0.2, 0) is 0 Å². The fourth-order valence-corrected chi connectivity index (χ4v) is 10.4. The number of rotatable bonds is 3. The van der Waals surface area contributed by atoms with Gasteiger partial charge in [0.05, 0.1) is 0 Å². The van der Waals surface area contributed by atoms with Crippen molar-refractivity contribution in [2.75, 3.05) is 0 Å². The van der Waals surface area contributed by atoms with E-state index in [0.29, 0.717) is 6.04 Å². The normalized spacial score (nSPS) is 12.1. The van der Waals surface area contributed by atoms with Gasteiger partial charge in [0.2, 0.25) is 0 Å². The molecule has 218 valence electrons. The van der Waals surface area contributed by atoms with Crippen LogP contribution in [0.3, 0.4) is 0 Å². The van der Waals surface area contributed by atoms with E-state index in [1.54, 1.807) is 0 Å². The zero-order valence-corrected chi connectivity index (χ0v) is 27.2. The fourth-order valence-electron chi connectivity index (χ4n) is 7.71. The van der Waals surface area contributed by atoms with Gasteiger partial charge in [-0.1, -0.05) is 0 Å². The summed E-state index contributed by atoms with van der Waals surface area (Å²) in [6.45, 7) is 0. The van der Waals surface area contributed by atoms with Gasteiger partial charge in [-0.05, 0) is 0 Å². The summed E-state index contributed by atoms with van der Waals surface area (Å²) < 4.78 is 11.9. The minimum atomic E-state index is 0.124. The van der Waals surface area contributed by atoms with Crippen molar-refractivity contribution in [2.24, 2.45) is 0 Å². The van der Waals surface area contributed by atoms with Crippen LogP contribution >= 0.6 is 0 Å². The average molecular weight is 661 g/mol. The van der Waals surface area contributed by atoms with Gasteiger partial charge in [-0.3, -0.25) is 0 Å². The third-order valence-corrected chi connectivity index (χ3v) is 12.2. The molecule has 1 heterocycles. The van der Waals surface area contributed by atoms with Crippen molar-refractivity contribution >= 4 is 76.9 Å². The molecule has 1 aromatic heterocycles. The quantitative estimate of drug-likeness (QED) is 0.131. The fraction of sp³-hybridized carbons (Fsp3) is 0. The van der Waals surface area contributed by atoms with E-state index in [1.807, 2.05) is 12.1 Å². The van der Waals surface area contributed by atoms with Crippen LogP contribution in [0.25, 0.3) is 95.8 Å². The van der Waals surface area contributed by atoms with E-state index in [0.717, 1.165) is 21.5 Å². The standard InChI is InChI=1S/C46H28Se/c1-2-13-29(14-3-1)43-36-19-8-10-21-38(36)45(39-22-11-9-20-37(39)43)41-24-12-23-40-35-26-25-32(28-42(35)47-46(40)41)44-33-17-6-4-15-30(33)27-31-16-5-7-18-34(31)44/h1-28H/i27D. The second kappa shape index (κ2) is 10.5. The molecule has 1 heteroatoms. The van der Waals surface area contributed by atoms with Gasteiger partial charge in [0.1, 0.15) is 0 Å². The van der Waals surface area contributed by atoms with Crippen molar-refractivity contribution < 1.29 is 1.37 Å². The molecule has 0 nitrogen and oxygen atoms in total. The van der Waals surface area contributed by atoms with Crippen LogP contribution in [0.2, 0.25) is 0 Å². The number of hydrogen-bond donors (Lipinski definition) is 0. The van der Waals surface area contributed by atoms with Crippen LogP contribution in [0, 0.1) is 0 Å². The van der Waals surface area contributed by atoms with Gasteiger partial charge in [-0.15, -0.1) is 0 Å². The van der Waals surface area contributed by atoms with Crippen molar-refractivity contribution in [3.05, 3.63) is 170 Å². The van der Waals surface area contributed by atoms with Crippen LogP contribution in [-0.4, -0.2) is 14.5 Å². The number of fused-ring (bicyclic) bond motifs is 7. The monoisotopic (exact) mass is 661 g/mol. The van der Waals surface area contributed by atoms with Gasteiger partial charge in [0.15, 0.2) is 0 Å². The molecule has 0 aliphatic carbocycles. The van der Waals surface area contributed by atoms with E-state index in [1.165, 1.54) is 74.2 Å². The Kier molecular flexibility index (Phi) is 5.76. The Morgan fingerprint density at radius 1 is 0.362 bits per heavy atom. The van der Waals surface area contributed by atoms with Gasteiger partial charge < -0.3 is 0 Å². The zero-order chi connectivity index (χ0) is 31.8. The Morgan fingerprint density at radius 2 is 0.872 bits per heavy atom. The molecule has 9 aromatic carbocycles. The van der Waals surface area contributed by atoms with Crippen LogP contribution in [0.1, 0.15) is 1.37 Å². The molecule has 0 aliphatic heterocycles. The first-order valence-electron chi connectivity index (χ1n) is 16.6. The summed E-state index contributed by atoms with van der Waals surface area (Å²) in [7, 11) is 0. The molecule has 0 amide bonds. The predicted molar refractivity (Wildman–Crippen MR) is 205 cm³/mol.